The Morgan fingerprint density at radius 1 is 1.64 bits per heavy atom. The van der Waals surface area contributed by atoms with E-state index in [1.807, 2.05) is 31.3 Å². The highest BCUT2D eigenvalue weighted by Gasteiger charge is 2.21. The Morgan fingerprint density at radius 3 is 2.86 bits per heavy atom. The van der Waals surface area contributed by atoms with E-state index in [0.717, 1.165) is 5.13 Å². The van der Waals surface area contributed by atoms with Gasteiger partial charge < -0.3 is 15.3 Å². The van der Waals surface area contributed by atoms with Crippen LogP contribution in [-0.2, 0) is 0 Å². The van der Waals surface area contributed by atoms with Crippen LogP contribution in [0.2, 0.25) is 0 Å². The van der Waals surface area contributed by atoms with E-state index in [-0.39, 0.29) is 0 Å². The average Bonchev–Trinajstić information content (AvgIpc) is 2.50. The Morgan fingerprint density at radius 2 is 2.36 bits per heavy atom. The van der Waals surface area contributed by atoms with Crippen molar-refractivity contribution in [3.8, 4) is 0 Å². The molecule has 0 aliphatic heterocycles. The molecule has 0 amide bonds. The van der Waals surface area contributed by atoms with Crippen LogP contribution in [0.5, 0.6) is 0 Å². The van der Waals surface area contributed by atoms with Crippen LogP contribution in [-0.4, -0.2) is 47.8 Å². The fourth-order valence-corrected chi connectivity index (χ4v) is 1.84. The third kappa shape index (κ3) is 4.04. The van der Waals surface area contributed by atoms with Crippen molar-refractivity contribution in [2.24, 2.45) is 0 Å². The molecule has 2 N–H and O–H groups in total. The summed E-state index contributed by atoms with van der Waals surface area (Å²) >= 11 is 1.54. The molecule has 80 valence electrons. The van der Waals surface area contributed by atoms with Crippen LogP contribution in [0.15, 0.2) is 11.6 Å². The lowest BCUT2D eigenvalue weighted by Gasteiger charge is -2.26. The van der Waals surface area contributed by atoms with Crippen molar-refractivity contribution in [2.75, 3.05) is 32.5 Å². The molecule has 0 bridgehead atoms. The lowest BCUT2D eigenvalue weighted by Crippen LogP contribution is -2.42. The maximum Gasteiger partial charge on any atom is 0.182 e. The van der Waals surface area contributed by atoms with E-state index in [0.29, 0.717) is 13.1 Å². The third-order valence-electron chi connectivity index (χ3n) is 1.71. The normalized spacial score (nSPS) is 15.5. The van der Waals surface area contributed by atoms with Crippen LogP contribution in [0.4, 0.5) is 5.13 Å². The molecule has 1 rings (SSSR count). The van der Waals surface area contributed by atoms with E-state index in [4.69, 9.17) is 0 Å². The summed E-state index contributed by atoms with van der Waals surface area (Å²) in [6.07, 6.45) is 1.74. The summed E-state index contributed by atoms with van der Waals surface area (Å²) in [5.74, 6) is 0. The molecule has 0 aliphatic carbocycles. The number of aliphatic hydroxyl groups is 1. The van der Waals surface area contributed by atoms with Gasteiger partial charge in [-0.2, -0.15) is 0 Å². The Kier molecular flexibility index (Phi) is 3.86. The predicted octanol–water partition coefficient (Wildman–Crippen LogP) is 0.868. The quantitative estimate of drug-likeness (QED) is 0.765. The smallest absolute Gasteiger partial charge is 0.182 e. The number of hydrogen-bond acceptors (Lipinski definition) is 5. The van der Waals surface area contributed by atoms with E-state index in [9.17, 15) is 5.11 Å². The molecule has 14 heavy (non-hydrogen) atoms. The van der Waals surface area contributed by atoms with Crippen LogP contribution in [0, 0.1) is 0 Å². The van der Waals surface area contributed by atoms with Crippen LogP contribution < -0.4 is 5.32 Å². The second-order valence-electron chi connectivity index (χ2n) is 3.93. The molecule has 0 saturated carbocycles. The first-order valence-electron chi connectivity index (χ1n) is 4.50. The molecule has 4 nitrogen and oxygen atoms in total. The van der Waals surface area contributed by atoms with E-state index in [1.165, 1.54) is 11.3 Å². The summed E-state index contributed by atoms with van der Waals surface area (Å²) in [5.41, 5.74) is -0.727. The molecule has 0 fully saturated rings. The second kappa shape index (κ2) is 4.72. The van der Waals surface area contributed by atoms with Crippen molar-refractivity contribution in [3.05, 3.63) is 11.6 Å². The van der Waals surface area contributed by atoms with Gasteiger partial charge in [-0.25, -0.2) is 4.98 Å². The molecule has 0 aliphatic rings. The molecule has 0 spiro atoms. The molecule has 1 aromatic heterocycles. The largest absolute Gasteiger partial charge is 0.387 e. The highest BCUT2D eigenvalue weighted by atomic mass is 32.1. The van der Waals surface area contributed by atoms with Gasteiger partial charge in [-0.3, -0.25) is 0 Å². The maximum absolute atomic E-state index is 9.96. The fourth-order valence-electron chi connectivity index (χ4n) is 1.31. The van der Waals surface area contributed by atoms with Gasteiger partial charge in [-0.1, -0.05) is 0 Å². The molecule has 1 atom stereocenters. The van der Waals surface area contributed by atoms with Gasteiger partial charge in [0.05, 0.1) is 5.60 Å². The number of thiazole rings is 1. The molecule has 0 saturated heterocycles. The number of anilines is 1. The van der Waals surface area contributed by atoms with Crippen molar-refractivity contribution in [1.29, 1.82) is 0 Å². The highest BCUT2D eigenvalue weighted by molar-refractivity contribution is 7.13. The molecular weight excluding hydrogens is 198 g/mol. The van der Waals surface area contributed by atoms with Crippen LogP contribution in [0.25, 0.3) is 0 Å². The number of aromatic nitrogens is 1. The number of hydrogen-bond donors (Lipinski definition) is 2. The summed E-state index contributed by atoms with van der Waals surface area (Å²) in [7, 11) is 3.88. The van der Waals surface area contributed by atoms with Crippen molar-refractivity contribution < 1.29 is 5.11 Å². The summed E-state index contributed by atoms with van der Waals surface area (Å²) in [6, 6.07) is 0. The van der Waals surface area contributed by atoms with Crippen molar-refractivity contribution in [2.45, 2.75) is 12.5 Å². The number of nitrogens with one attached hydrogen (secondary N) is 1. The monoisotopic (exact) mass is 215 g/mol. The van der Waals surface area contributed by atoms with Gasteiger partial charge in [0, 0.05) is 24.7 Å². The molecule has 1 aromatic rings. The van der Waals surface area contributed by atoms with Gasteiger partial charge in [0.1, 0.15) is 0 Å². The van der Waals surface area contributed by atoms with E-state index in [1.54, 1.807) is 6.20 Å². The first-order chi connectivity index (χ1) is 6.49. The highest BCUT2D eigenvalue weighted by Crippen LogP contribution is 2.12. The van der Waals surface area contributed by atoms with E-state index in [2.05, 4.69) is 10.3 Å². The lowest BCUT2D eigenvalue weighted by molar-refractivity contribution is 0.0460. The first kappa shape index (κ1) is 11.4. The SMILES string of the molecule is CN(C)CC(C)(O)CNc1nccs1. The summed E-state index contributed by atoms with van der Waals surface area (Å²) in [5, 5.41) is 15.8. The van der Waals surface area contributed by atoms with Crippen molar-refractivity contribution >= 4 is 16.5 Å². The van der Waals surface area contributed by atoms with Gasteiger partial charge in [0.2, 0.25) is 0 Å². The number of nitrogens with zero attached hydrogens (tertiary/aromatic N) is 2. The summed E-state index contributed by atoms with van der Waals surface area (Å²) in [4.78, 5) is 6.04. The van der Waals surface area contributed by atoms with Crippen molar-refractivity contribution in [3.63, 3.8) is 0 Å². The minimum atomic E-state index is -0.727. The van der Waals surface area contributed by atoms with Crippen molar-refractivity contribution in [1.82, 2.24) is 9.88 Å². The molecule has 0 radical (unpaired) electrons. The Hall–Kier alpha value is -0.650. The van der Waals surface area contributed by atoms with Crippen LogP contribution in [0.1, 0.15) is 6.92 Å². The maximum atomic E-state index is 9.96. The van der Waals surface area contributed by atoms with Gasteiger partial charge in [-0.05, 0) is 21.0 Å². The standard InChI is InChI=1S/C9H17N3OS/c1-9(13,7-12(2)3)6-11-8-10-4-5-14-8/h4-5,13H,6-7H2,1-3H3,(H,10,11). The van der Waals surface area contributed by atoms with E-state index >= 15 is 0 Å². The zero-order chi connectivity index (χ0) is 10.6. The number of rotatable bonds is 5. The molecule has 1 heterocycles. The van der Waals surface area contributed by atoms with Crippen LogP contribution >= 0.6 is 11.3 Å². The van der Waals surface area contributed by atoms with E-state index < -0.39 is 5.60 Å². The Labute approximate surface area is 88.6 Å². The third-order valence-corrected chi connectivity index (χ3v) is 2.44. The fraction of sp³-hybridized carbons (Fsp3) is 0.667. The van der Waals surface area contributed by atoms with Gasteiger partial charge >= 0.3 is 0 Å². The predicted molar refractivity (Wildman–Crippen MR) is 59.8 cm³/mol. The summed E-state index contributed by atoms with van der Waals surface area (Å²) in [6.45, 7) is 2.96. The van der Waals surface area contributed by atoms with Gasteiger partial charge in [0.25, 0.3) is 0 Å². The zero-order valence-electron chi connectivity index (χ0n) is 8.82. The minimum Gasteiger partial charge on any atom is -0.387 e. The Bertz CT molecular complexity index is 259. The average molecular weight is 215 g/mol. The van der Waals surface area contributed by atoms with Crippen LogP contribution in [0.3, 0.4) is 0 Å². The molecular formula is C9H17N3OS. The second-order valence-corrected chi connectivity index (χ2v) is 4.82. The number of likely N-dealkylation sites (N-methyl/N-ethyl adjacent to an activating group) is 1. The Balaban J connectivity index is 2.36. The summed E-state index contributed by atoms with van der Waals surface area (Å²) < 4.78 is 0. The molecule has 5 heteroatoms. The van der Waals surface area contributed by atoms with Gasteiger partial charge in [0.15, 0.2) is 5.13 Å². The molecule has 1 unspecified atom stereocenters. The topological polar surface area (TPSA) is 48.4 Å². The zero-order valence-corrected chi connectivity index (χ0v) is 9.64. The minimum absolute atomic E-state index is 0.513. The van der Waals surface area contributed by atoms with Gasteiger partial charge in [-0.15, -0.1) is 11.3 Å². The molecule has 0 aromatic carbocycles. The lowest BCUT2D eigenvalue weighted by atomic mass is 10.1. The first-order valence-corrected chi connectivity index (χ1v) is 5.38.